The standard InChI is InChI=1S/C20H27N5O3/c1-23(2)20(27)25-11-5-9-16(25)18-22-17(15-8-3-4-10-24(15)18)19(26)21-13-14-7-6-12-28-14/h3-4,8,10,14,16H,5-7,9,11-13H2,1-2H3,(H,21,26)/t14-,16+/m1/s1. The average molecular weight is 385 g/mol. The summed E-state index contributed by atoms with van der Waals surface area (Å²) in [5.74, 6) is 0.541. The molecule has 0 saturated carbocycles. The van der Waals surface area contributed by atoms with Crippen molar-refractivity contribution in [2.45, 2.75) is 37.8 Å². The van der Waals surface area contributed by atoms with Crippen molar-refractivity contribution >= 4 is 17.5 Å². The molecule has 8 heteroatoms. The van der Waals surface area contributed by atoms with Crippen LogP contribution in [0, 0.1) is 0 Å². The number of hydrogen-bond donors (Lipinski definition) is 1. The van der Waals surface area contributed by atoms with Crippen molar-refractivity contribution in [3.8, 4) is 0 Å². The first kappa shape index (κ1) is 18.7. The number of likely N-dealkylation sites (tertiary alicyclic amines) is 1. The molecule has 2 atom stereocenters. The molecule has 2 aromatic heterocycles. The number of carbonyl (C=O) groups is 2. The second kappa shape index (κ2) is 7.79. The van der Waals surface area contributed by atoms with Crippen LogP contribution in [0.3, 0.4) is 0 Å². The Labute approximate surface area is 164 Å². The van der Waals surface area contributed by atoms with Gasteiger partial charge in [-0.1, -0.05) is 6.07 Å². The maximum Gasteiger partial charge on any atom is 0.320 e. The van der Waals surface area contributed by atoms with E-state index in [0.29, 0.717) is 18.8 Å². The summed E-state index contributed by atoms with van der Waals surface area (Å²) >= 11 is 0. The Morgan fingerprint density at radius 2 is 2.14 bits per heavy atom. The molecule has 2 saturated heterocycles. The SMILES string of the molecule is CN(C)C(=O)N1CCC[C@H]1c1nc(C(=O)NC[C@H]2CCCO2)c2ccccn12. The number of aromatic nitrogens is 2. The lowest BCUT2D eigenvalue weighted by Gasteiger charge is -2.27. The molecule has 2 aliphatic rings. The lowest BCUT2D eigenvalue weighted by molar-refractivity contribution is 0.0855. The van der Waals surface area contributed by atoms with E-state index in [1.807, 2.05) is 33.7 Å². The first-order chi connectivity index (χ1) is 13.6. The number of urea groups is 1. The normalized spacial score (nSPS) is 22.0. The number of amides is 3. The summed E-state index contributed by atoms with van der Waals surface area (Å²) in [6.07, 6.45) is 5.76. The molecule has 3 amide bonds. The molecule has 0 aromatic carbocycles. The number of carbonyl (C=O) groups excluding carboxylic acids is 2. The number of nitrogens with one attached hydrogen (secondary N) is 1. The highest BCUT2D eigenvalue weighted by Crippen LogP contribution is 2.33. The smallest absolute Gasteiger partial charge is 0.320 e. The van der Waals surface area contributed by atoms with Crippen molar-refractivity contribution in [1.82, 2.24) is 24.5 Å². The van der Waals surface area contributed by atoms with E-state index in [0.717, 1.165) is 43.6 Å². The highest BCUT2D eigenvalue weighted by Gasteiger charge is 2.35. The quantitative estimate of drug-likeness (QED) is 0.874. The zero-order valence-corrected chi connectivity index (χ0v) is 16.4. The summed E-state index contributed by atoms with van der Waals surface area (Å²) in [5, 5.41) is 2.96. The maximum atomic E-state index is 12.8. The van der Waals surface area contributed by atoms with E-state index in [4.69, 9.17) is 9.72 Å². The minimum Gasteiger partial charge on any atom is -0.376 e. The fourth-order valence-corrected chi connectivity index (χ4v) is 4.08. The van der Waals surface area contributed by atoms with Crippen LogP contribution >= 0.6 is 0 Å². The summed E-state index contributed by atoms with van der Waals surface area (Å²) in [6, 6.07) is 5.54. The number of rotatable bonds is 4. The first-order valence-corrected chi connectivity index (χ1v) is 9.91. The van der Waals surface area contributed by atoms with Crippen molar-refractivity contribution < 1.29 is 14.3 Å². The molecule has 0 aliphatic carbocycles. The van der Waals surface area contributed by atoms with E-state index in [9.17, 15) is 9.59 Å². The Bertz CT molecular complexity index is 872. The van der Waals surface area contributed by atoms with Crippen LogP contribution in [0.25, 0.3) is 5.52 Å². The molecule has 4 heterocycles. The van der Waals surface area contributed by atoms with Crippen LogP contribution in [0.15, 0.2) is 24.4 Å². The third-order valence-corrected chi connectivity index (χ3v) is 5.48. The highest BCUT2D eigenvalue weighted by atomic mass is 16.5. The van der Waals surface area contributed by atoms with Crippen LogP contribution in [0.4, 0.5) is 4.79 Å². The van der Waals surface area contributed by atoms with Gasteiger partial charge in [-0.2, -0.15) is 0 Å². The molecular formula is C20H27N5O3. The summed E-state index contributed by atoms with van der Waals surface area (Å²) in [7, 11) is 3.51. The fraction of sp³-hybridized carbons (Fsp3) is 0.550. The molecule has 150 valence electrons. The Balaban J connectivity index is 1.62. The Hall–Kier alpha value is -2.61. The second-order valence-corrected chi connectivity index (χ2v) is 7.65. The van der Waals surface area contributed by atoms with Crippen LogP contribution in [-0.2, 0) is 4.74 Å². The van der Waals surface area contributed by atoms with Crippen molar-refractivity contribution in [3.63, 3.8) is 0 Å². The van der Waals surface area contributed by atoms with E-state index in [2.05, 4.69) is 5.32 Å². The topological polar surface area (TPSA) is 79.2 Å². The van der Waals surface area contributed by atoms with Crippen LogP contribution < -0.4 is 5.32 Å². The fourth-order valence-electron chi connectivity index (χ4n) is 4.08. The van der Waals surface area contributed by atoms with Gasteiger partial charge in [0.2, 0.25) is 0 Å². The molecule has 0 radical (unpaired) electrons. The van der Waals surface area contributed by atoms with Crippen molar-refractivity contribution in [3.05, 3.63) is 35.9 Å². The summed E-state index contributed by atoms with van der Waals surface area (Å²) in [5.41, 5.74) is 1.16. The molecule has 0 unspecified atom stereocenters. The van der Waals surface area contributed by atoms with Gasteiger partial charge in [-0.05, 0) is 37.8 Å². The molecular weight excluding hydrogens is 358 g/mol. The van der Waals surface area contributed by atoms with Gasteiger partial charge >= 0.3 is 6.03 Å². The summed E-state index contributed by atoms with van der Waals surface area (Å²) in [6.45, 7) is 1.95. The molecule has 2 aromatic rings. The largest absolute Gasteiger partial charge is 0.376 e. The van der Waals surface area contributed by atoms with Crippen LogP contribution in [-0.4, -0.2) is 71.0 Å². The zero-order chi connectivity index (χ0) is 19.7. The van der Waals surface area contributed by atoms with E-state index in [1.165, 1.54) is 0 Å². The molecule has 8 nitrogen and oxygen atoms in total. The molecule has 4 rings (SSSR count). The van der Waals surface area contributed by atoms with Gasteiger partial charge in [-0.3, -0.25) is 4.79 Å². The second-order valence-electron chi connectivity index (χ2n) is 7.65. The van der Waals surface area contributed by atoms with Crippen molar-refractivity contribution in [2.24, 2.45) is 0 Å². The van der Waals surface area contributed by atoms with Gasteiger partial charge in [0.05, 0.1) is 17.7 Å². The summed E-state index contributed by atoms with van der Waals surface area (Å²) < 4.78 is 7.52. The number of fused-ring (bicyclic) bond motifs is 1. The third-order valence-electron chi connectivity index (χ3n) is 5.48. The van der Waals surface area contributed by atoms with Gasteiger partial charge in [0.15, 0.2) is 5.69 Å². The van der Waals surface area contributed by atoms with E-state index in [-0.39, 0.29) is 24.1 Å². The number of imidazole rings is 1. The van der Waals surface area contributed by atoms with Crippen molar-refractivity contribution in [2.75, 3.05) is 33.8 Å². The Kier molecular flexibility index (Phi) is 5.21. The highest BCUT2D eigenvalue weighted by molar-refractivity contribution is 5.99. The van der Waals surface area contributed by atoms with Crippen LogP contribution in [0.2, 0.25) is 0 Å². The number of ether oxygens (including phenoxy) is 1. The van der Waals surface area contributed by atoms with Gasteiger partial charge in [0.1, 0.15) is 5.82 Å². The zero-order valence-electron chi connectivity index (χ0n) is 16.4. The minimum atomic E-state index is -0.200. The summed E-state index contributed by atoms with van der Waals surface area (Å²) in [4.78, 5) is 33.5. The Morgan fingerprint density at radius 3 is 2.89 bits per heavy atom. The maximum absolute atomic E-state index is 12.8. The lowest BCUT2D eigenvalue weighted by Crippen LogP contribution is -2.39. The van der Waals surface area contributed by atoms with Gasteiger partial charge in [0.25, 0.3) is 5.91 Å². The predicted molar refractivity (Wildman–Crippen MR) is 104 cm³/mol. The average Bonchev–Trinajstić information content (AvgIpc) is 3.44. The minimum absolute atomic E-state index is 0.0282. The molecule has 1 N–H and O–H groups in total. The lowest BCUT2D eigenvalue weighted by atomic mass is 10.2. The van der Waals surface area contributed by atoms with E-state index >= 15 is 0 Å². The van der Waals surface area contributed by atoms with Crippen LogP contribution in [0.5, 0.6) is 0 Å². The van der Waals surface area contributed by atoms with Crippen LogP contribution in [0.1, 0.15) is 48.0 Å². The van der Waals surface area contributed by atoms with Gasteiger partial charge in [-0.15, -0.1) is 0 Å². The molecule has 2 aliphatic heterocycles. The van der Waals surface area contributed by atoms with E-state index < -0.39 is 0 Å². The van der Waals surface area contributed by atoms with E-state index in [1.54, 1.807) is 19.0 Å². The Morgan fingerprint density at radius 1 is 1.29 bits per heavy atom. The number of nitrogens with zero attached hydrogens (tertiary/aromatic N) is 4. The predicted octanol–water partition coefficient (Wildman–Crippen LogP) is 2.06. The third kappa shape index (κ3) is 3.44. The first-order valence-electron chi connectivity index (χ1n) is 9.91. The molecule has 0 spiro atoms. The van der Waals surface area contributed by atoms with Crippen molar-refractivity contribution in [1.29, 1.82) is 0 Å². The molecule has 28 heavy (non-hydrogen) atoms. The number of hydrogen-bond acceptors (Lipinski definition) is 4. The molecule has 2 fully saturated rings. The molecule has 0 bridgehead atoms. The van der Waals surface area contributed by atoms with Gasteiger partial charge in [0, 0.05) is 40.0 Å². The number of pyridine rings is 1. The monoisotopic (exact) mass is 385 g/mol. The van der Waals surface area contributed by atoms with Gasteiger partial charge in [-0.25, -0.2) is 9.78 Å². The van der Waals surface area contributed by atoms with Gasteiger partial charge < -0.3 is 24.3 Å².